The number of hydrogen-bond donors (Lipinski definition) is 2. The number of rotatable bonds is 7. The topological polar surface area (TPSA) is 107 Å². The lowest BCUT2D eigenvalue weighted by Crippen LogP contribution is -2.41. The summed E-state index contributed by atoms with van der Waals surface area (Å²) < 4.78 is 10.3. The summed E-state index contributed by atoms with van der Waals surface area (Å²) in [5, 5.41) is 6.78. The van der Waals surface area contributed by atoms with Crippen LogP contribution in [0.25, 0.3) is 11.6 Å². The summed E-state index contributed by atoms with van der Waals surface area (Å²) in [5.41, 5.74) is 5.66. The molecule has 3 rings (SSSR count). The molecule has 0 radical (unpaired) electrons. The number of nitrogens with zero attached hydrogens (tertiary/aromatic N) is 2. The van der Waals surface area contributed by atoms with Crippen molar-refractivity contribution in [1.29, 1.82) is 0 Å². The van der Waals surface area contributed by atoms with E-state index in [1.165, 1.54) is 0 Å². The number of amides is 1. The average Bonchev–Trinajstić information content (AvgIpc) is 3.01. The van der Waals surface area contributed by atoms with Gasteiger partial charge in [0.15, 0.2) is 5.76 Å². The molecule has 1 saturated carbocycles. The molecule has 3 N–H and O–H groups in total. The largest absolute Gasteiger partial charge is 0.461 e. The molecule has 7 nitrogen and oxygen atoms in total. The van der Waals surface area contributed by atoms with E-state index in [0.717, 1.165) is 12.8 Å². The second-order valence-corrected chi connectivity index (χ2v) is 5.24. The summed E-state index contributed by atoms with van der Waals surface area (Å²) in [4.78, 5) is 16.1. The second kappa shape index (κ2) is 7.42. The van der Waals surface area contributed by atoms with Crippen molar-refractivity contribution in [3.8, 4) is 11.6 Å². The predicted molar refractivity (Wildman–Crippen MR) is 81.3 cm³/mol. The van der Waals surface area contributed by atoms with Crippen molar-refractivity contribution < 1.29 is 13.7 Å². The zero-order valence-electron chi connectivity index (χ0n) is 12.0. The van der Waals surface area contributed by atoms with Gasteiger partial charge in [-0.3, -0.25) is 4.79 Å². The molecule has 0 bridgehead atoms. The molecule has 1 fully saturated rings. The van der Waals surface area contributed by atoms with Gasteiger partial charge in [-0.25, -0.2) is 0 Å². The molecule has 1 aliphatic carbocycles. The van der Waals surface area contributed by atoms with Gasteiger partial charge in [-0.2, -0.15) is 4.98 Å². The number of hydrogen-bond acceptors (Lipinski definition) is 6. The SMILES string of the molecule is Cl.NCC(NC(=O)CCc1nc(-c2ccco2)no1)C1CC1. The minimum atomic E-state index is -0.0323. The maximum absolute atomic E-state index is 11.9. The molecule has 0 aliphatic heterocycles. The van der Waals surface area contributed by atoms with Crippen LogP contribution in [-0.4, -0.2) is 28.6 Å². The van der Waals surface area contributed by atoms with Crippen molar-refractivity contribution in [2.45, 2.75) is 31.7 Å². The lowest BCUT2D eigenvalue weighted by atomic mass is 10.1. The molecule has 0 saturated heterocycles. The third kappa shape index (κ3) is 4.08. The number of furan rings is 1. The van der Waals surface area contributed by atoms with Crippen LogP contribution in [0.1, 0.15) is 25.2 Å². The van der Waals surface area contributed by atoms with E-state index in [4.69, 9.17) is 14.7 Å². The van der Waals surface area contributed by atoms with Crippen LogP contribution in [0.3, 0.4) is 0 Å². The number of carbonyl (C=O) groups is 1. The van der Waals surface area contributed by atoms with E-state index in [2.05, 4.69) is 15.5 Å². The van der Waals surface area contributed by atoms with Crippen LogP contribution in [0.4, 0.5) is 0 Å². The molecule has 22 heavy (non-hydrogen) atoms. The first-order chi connectivity index (χ1) is 10.3. The van der Waals surface area contributed by atoms with Crippen LogP contribution in [0.2, 0.25) is 0 Å². The van der Waals surface area contributed by atoms with Gasteiger partial charge in [-0.1, -0.05) is 5.16 Å². The molecule has 8 heteroatoms. The van der Waals surface area contributed by atoms with Gasteiger partial charge in [-0.15, -0.1) is 12.4 Å². The Morgan fingerprint density at radius 3 is 2.95 bits per heavy atom. The highest BCUT2D eigenvalue weighted by Gasteiger charge is 2.31. The number of aryl methyl sites for hydroxylation is 1. The molecule has 1 atom stereocenters. The van der Waals surface area contributed by atoms with Crippen LogP contribution in [-0.2, 0) is 11.2 Å². The number of nitrogens with two attached hydrogens (primary N) is 1. The third-order valence-electron chi connectivity index (χ3n) is 3.57. The summed E-state index contributed by atoms with van der Waals surface area (Å²) >= 11 is 0. The monoisotopic (exact) mass is 326 g/mol. The molecule has 120 valence electrons. The van der Waals surface area contributed by atoms with E-state index >= 15 is 0 Å². The van der Waals surface area contributed by atoms with E-state index in [1.807, 2.05) is 0 Å². The van der Waals surface area contributed by atoms with Crippen LogP contribution >= 0.6 is 12.4 Å². The fourth-order valence-electron chi connectivity index (χ4n) is 2.23. The minimum Gasteiger partial charge on any atom is -0.461 e. The third-order valence-corrected chi connectivity index (χ3v) is 3.57. The zero-order chi connectivity index (χ0) is 14.7. The molecule has 2 aromatic rings. The Kier molecular flexibility index (Phi) is 5.57. The normalized spacial score (nSPS) is 15.1. The molecule has 2 heterocycles. The van der Waals surface area contributed by atoms with Crippen molar-refractivity contribution in [1.82, 2.24) is 15.5 Å². The van der Waals surface area contributed by atoms with Gasteiger partial charge in [0.25, 0.3) is 0 Å². The van der Waals surface area contributed by atoms with Crippen LogP contribution in [0, 0.1) is 5.92 Å². The highest BCUT2D eigenvalue weighted by atomic mass is 35.5. The molecule has 0 aromatic carbocycles. The molecular formula is C14H19ClN4O3. The molecule has 1 aliphatic rings. The first-order valence-electron chi connectivity index (χ1n) is 7.12. The Balaban J connectivity index is 0.00000176. The van der Waals surface area contributed by atoms with Crippen molar-refractivity contribution in [3.63, 3.8) is 0 Å². The van der Waals surface area contributed by atoms with Crippen molar-refractivity contribution in [2.75, 3.05) is 6.54 Å². The van der Waals surface area contributed by atoms with E-state index in [1.54, 1.807) is 18.4 Å². The van der Waals surface area contributed by atoms with Crippen LogP contribution < -0.4 is 11.1 Å². The Hall–Kier alpha value is -1.86. The molecule has 1 unspecified atom stereocenters. The van der Waals surface area contributed by atoms with E-state index in [0.29, 0.717) is 42.8 Å². The van der Waals surface area contributed by atoms with Gasteiger partial charge in [0, 0.05) is 25.4 Å². The number of nitrogens with one attached hydrogen (secondary N) is 1. The fourth-order valence-corrected chi connectivity index (χ4v) is 2.23. The first kappa shape index (κ1) is 16.5. The average molecular weight is 327 g/mol. The number of aromatic nitrogens is 2. The highest BCUT2D eigenvalue weighted by Crippen LogP contribution is 2.32. The van der Waals surface area contributed by atoms with E-state index < -0.39 is 0 Å². The summed E-state index contributed by atoms with van der Waals surface area (Å²) in [6, 6.07) is 3.60. The lowest BCUT2D eigenvalue weighted by Gasteiger charge is -2.15. The first-order valence-corrected chi connectivity index (χ1v) is 7.12. The van der Waals surface area contributed by atoms with Gasteiger partial charge in [0.1, 0.15) is 0 Å². The molecule has 2 aromatic heterocycles. The van der Waals surface area contributed by atoms with Gasteiger partial charge < -0.3 is 20.0 Å². The highest BCUT2D eigenvalue weighted by molar-refractivity contribution is 5.85. The predicted octanol–water partition coefficient (Wildman–Crippen LogP) is 1.54. The summed E-state index contributed by atoms with van der Waals surface area (Å²) in [6.45, 7) is 0.486. The van der Waals surface area contributed by atoms with Crippen molar-refractivity contribution in [3.05, 3.63) is 24.3 Å². The van der Waals surface area contributed by atoms with E-state index in [9.17, 15) is 4.79 Å². The molecule has 0 spiro atoms. The Morgan fingerprint density at radius 2 is 2.32 bits per heavy atom. The lowest BCUT2D eigenvalue weighted by molar-refractivity contribution is -0.121. The molecular weight excluding hydrogens is 308 g/mol. The van der Waals surface area contributed by atoms with Gasteiger partial charge >= 0.3 is 0 Å². The fraction of sp³-hybridized carbons (Fsp3) is 0.500. The summed E-state index contributed by atoms with van der Waals surface area (Å²) in [6.07, 6.45) is 4.56. The van der Waals surface area contributed by atoms with E-state index in [-0.39, 0.29) is 24.4 Å². The maximum atomic E-state index is 11.9. The Morgan fingerprint density at radius 1 is 1.50 bits per heavy atom. The summed E-state index contributed by atoms with van der Waals surface area (Å²) in [7, 11) is 0. The number of halogens is 1. The molecule has 1 amide bonds. The Bertz CT molecular complexity index is 595. The van der Waals surface area contributed by atoms with Crippen molar-refractivity contribution in [2.24, 2.45) is 11.7 Å². The standard InChI is InChI=1S/C14H18N4O3.ClH/c15-8-10(9-3-4-9)16-12(19)5-6-13-17-14(18-21-13)11-2-1-7-20-11;/h1-2,7,9-10H,3-6,8,15H2,(H,16,19);1H. The summed E-state index contributed by atoms with van der Waals surface area (Å²) in [5.74, 6) is 1.88. The number of carbonyl (C=O) groups excluding carboxylic acids is 1. The maximum Gasteiger partial charge on any atom is 0.238 e. The van der Waals surface area contributed by atoms with Gasteiger partial charge in [0.05, 0.1) is 6.26 Å². The quantitative estimate of drug-likeness (QED) is 0.799. The van der Waals surface area contributed by atoms with Gasteiger partial charge in [0.2, 0.25) is 17.6 Å². The Labute approximate surface area is 134 Å². The van der Waals surface area contributed by atoms with Crippen molar-refractivity contribution >= 4 is 18.3 Å². The minimum absolute atomic E-state index is 0. The van der Waals surface area contributed by atoms with Gasteiger partial charge in [-0.05, 0) is 30.9 Å². The van der Waals surface area contributed by atoms with Crippen LogP contribution in [0.15, 0.2) is 27.3 Å². The second-order valence-electron chi connectivity index (χ2n) is 5.24. The smallest absolute Gasteiger partial charge is 0.238 e. The zero-order valence-corrected chi connectivity index (χ0v) is 12.8. The van der Waals surface area contributed by atoms with Crippen LogP contribution in [0.5, 0.6) is 0 Å².